The molecule has 1 saturated heterocycles. The second kappa shape index (κ2) is 6.97. The van der Waals surface area contributed by atoms with Crippen LogP contribution in [0, 0.1) is 0 Å². The first-order valence-electron chi connectivity index (χ1n) is 6.50. The first kappa shape index (κ1) is 15.1. The molecule has 2 aromatic heterocycles. The molecule has 1 aliphatic heterocycles. The van der Waals surface area contributed by atoms with Gasteiger partial charge in [-0.1, -0.05) is 0 Å². The van der Waals surface area contributed by atoms with E-state index in [9.17, 15) is 4.79 Å². The van der Waals surface area contributed by atoms with Crippen LogP contribution in [0.2, 0.25) is 0 Å². The Morgan fingerprint density at radius 2 is 2.33 bits per heavy atom. The van der Waals surface area contributed by atoms with E-state index in [2.05, 4.69) is 26.4 Å². The van der Waals surface area contributed by atoms with E-state index in [4.69, 9.17) is 9.57 Å². The molecule has 112 valence electrons. The molecule has 21 heavy (non-hydrogen) atoms. The van der Waals surface area contributed by atoms with Gasteiger partial charge in [0.25, 0.3) is 5.91 Å². The molecular weight excluding hydrogens is 376 g/mol. The van der Waals surface area contributed by atoms with Crippen LogP contribution in [0.4, 0.5) is 0 Å². The number of hydrogen-bond donors (Lipinski definition) is 1. The van der Waals surface area contributed by atoms with E-state index in [0.29, 0.717) is 12.3 Å². The van der Waals surface area contributed by atoms with Gasteiger partial charge in [-0.25, -0.2) is 15.3 Å². The zero-order valence-electron chi connectivity index (χ0n) is 11.0. The van der Waals surface area contributed by atoms with E-state index in [1.54, 1.807) is 16.7 Å². The Hall–Kier alpha value is -0.800. The molecule has 1 N–H and O–H groups in total. The molecule has 0 spiro atoms. The summed E-state index contributed by atoms with van der Waals surface area (Å²) in [5.41, 5.74) is 2.77. The summed E-state index contributed by atoms with van der Waals surface area (Å²) in [6.07, 6.45) is 2.54. The normalized spacial score (nSPS) is 18.6. The number of nitrogens with one attached hydrogen (secondary N) is 1. The number of carbonyl (C=O) groups excluding carboxylic acids is 1. The van der Waals surface area contributed by atoms with Crippen LogP contribution < -0.4 is 5.48 Å². The molecule has 8 heteroatoms. The maximum atomic E-state index is 12.0. The molecule has 0 saturated carbocycles. The SMILES string of the molecule is O=C(NOC1CCCCO1)c1csc(-c2cc(Br)cs2)n1. The van der Waals surface area contributed by atoms with E-state index >= 15 is 0 Å². The van der Waals surface area contributed by atoms with Crippen LogP contribution in [-0.2, 0) is 9.57 Å². The van der Waals surface area contributed by atoms with Gasteiger partial charge >= 0.3 is 0 Å². The number of nitrogens with zero attached hydrogens (tertiary/aromatic N) is 1. The number of ether oxygens (including phenoxy) is 1. The van der Waals surface area contributed by atoms with Gasteiger partial charge in [0.2, 0.25) is 0 Å². The minimum Gasteiger partial charge on any atom is -0.350 e. The van der Waals surface area contributed by atoms with E-state index in [1.807, 2.05) is 11.4 Å². The minimum absolute atomic E-state index is 0.345. The van der Waals surface area contributed by atoms with Crippen molar-refractivity contribution in [2.24, 2.45) is 0 Å². The number of rotatable bonds is 4. The highest BCUT2D eigenvalue weighted by molar-refractivity contribution is 9.10. The van der Waals surface area contributed by atoms with Crippen LogP contribution in [0.25, 0.3) is 9.88 Å². The minimum atomic E-state index is -0.353. The van der Waals surface area contributed by atoms with Crippen molar-refractivity contribution in [1.82, 2.24) is 10.5 Å². The molecule has 3 heterocycles. The lowest BCUT2D eigenvalue weighted by Crippen LogP contribution is -2.33. The highest BCUT2D eigenvalue weighted by Crippen LogP contribution is 2.31. The molecule has 2 aromatic rings. The molecule has 1 aliphatic rings. The van der Waals surface area contributed by atoms with Crippen molar-refractivity contribution in [3.63, 3.8) is 0 Å². The second-order valence-electron chi connectivity index (χ2n) is 4.51. The number of thiazole rings is 1. The van der Waals surface area contributed by atoms with Crippen molar-refractivity contribution < 1.29 is 14.4 Å². The third-order valence-corrected chi connectivity index (χ3v) is 5.64. The van der Waals surface area contributed by atoms with E-state index < -0.39 is 0 Å². The van der Waals surface area contributed by atoms with Gasteiger partial charge in [-0.2, -0.15) is 0 Å². The van der Waals surface area contributed by atoms with Crippen molar-refractivity contribution in [3.05, 3.63) is 27.0 Å². The quantitative estimate of drug-likeness (QED) is 0.808. The van der Waals surface area contributed by atoms with Gasteiger partial charge in [0.15, 0.2) is 6.29 Å². The Morgan fingerprint density at radius 3 is 3.05 bits per heavy atom. The fourth-order valence-electron chi connectivity index (χ4n) is 1.89. The summed E-state index contributed by atoms with van der Waals surface area (Å²) in [6, 6.07) is 1.98. The topological polar surface area (TPSA) is 60.5 Å². The van der Waals surface area contributed by atoms with Crippen molar-refractivity contribution in [2.45, 2.75) is 25.6 Å². The van der Waals surface area contributed by atoms with Gasteiger partial charge in [-0.15, -0.1) is 22.7 Å². The highest BCUT2D eigenvalue weighted by atomic mass is 79.9. The third-order valence-electron chi connectivity index (χ3n) is 2.94. The molecule has 0 aliphatic carbocycles. The number of halogens is 1. The van der Waals surface area contributed by atoms with E-state index in [0.717, 1.165) is 33.6 Å². The number of hydroxylamine groups is 1. The number of aromatic nitrogens is 1. The summed E-state index contributed by atoms with van der Waals surface area (Å²) in [5.74, 6) is -0.345. The zero-order chi connectivity index (χ0) is 14.7. The first-order valence-corrected chi connectivity index (χ1v) is 9.05. The Morgan fingerprint density at radius 1 is 1.43 bits per heavy atom. The first-order chi connectivity index (χ1) is 10.2. The Labute approximate surface area is 138 Å². The second-order valence-corrected chi connectivity index (χ2v) is 7.20. The molecule has 3 rings (SSSR count). The van der Waals surface area contributed by atoms with Crippen LogP contribution >= 0.6 is 38.6 Å². The lowest BCUT2D eigenvalue weighted by atomic mass is 10.2. The predicted molar refractivity (Wildman–Crippen MR) is 85.3 cm³/mol. The molecule has 1 fully saturated rings. The summed E-state index contributed by atoms with van der Waals surface area (Å²) in [4.78, 5) is 22.6. The van der Waals surface area contributed by atoms with Gasteiger partial charge in [-0.3, -0.25) is 4.79 Å². The number of thiophene rings is 1. The van der Waals surface area contributed by atoms with Gasteiger partial charge < -0.3 is 4.74 Å². The Bertz CT molecular complexity index is 622. The monoisotopic (exact) mass is 388 g/mol. The van der Waals surface area contributed by atoms with Crippen molar-refractivity contribution in [1.29, 1.82) is 0 Å². The fourth-order valence-corrected chi connectivity index (χ4v) is 4.20. The van der Waals surface area contributed by atoms with Gasteiger partial charge in [0, 0.05) is 28.3 Å². The highest BCUT2D eigenvalue weighted by Gasteiger charge is 2.18. The van der Waals surface area contributed by atoms with Crippen molar-refractivity contribution >= 4 is 44.5 Å². The summed E-state index contributed by atoms with van der Waals surface area (Å²) in [6.45, 7) is 0.675. The van der Waals surface area contributed by atoms with Gasteiger partial charge in [-0.05, 0) is 34.8 Å². The molecule has 0 radical (unpaired) electrons. The smallest absolute Gasteiger partial charge is 0.294 e. The molecule has 0 bridgehead atoms. The molecule has 1 unspecified atom stereocenters. The van der Waals surface area contributed by atoms with E-state index in [-0.39, 0.29) is 12.2 Å². The number of carbonyl (C=O) groups is 1. The third kappa shape index (κ3) is 3.89. The van der Waals surface area contributed by atoms with E-state index in [1.165, 1.54) is 11.3 Å². The molecule has 1 amide bonds. The largest absolute Gasteiger partial charge is 0.350 e. The van der Waals surface area contributed by atoms with Gasteiger partial charge in [0.05, 0.1) is 4.88 Å². The molecule has 1 atom stereocenters. The predicted octanol–water partition coefficient (Wildman–Crippen LogP) is 3.82. The average Bonchev–Trinajstić information content (AvgIpc) is 3.14. The van der Waals surface area contributed by atoms with Crippen LogP contribution in [-0.4, -0.2) is 23.8 Å². The summed E-state index contributed by atoms with van der Waals surface area (Å²) in [7, 11) is 0. The van der Waals surface area contributed by atoms with Crippen LogP contribution in [0.5, 0.6) is 0 Å². The lowest BCUT2D eigenvalue weighted by molar-refractivity contribution is -0.186. The van der Waals surface area contributed by atoms with Crippen LogP contribution in [0.1, 0.15) is 29.8 Å². The molecular formula is C13H13BrN2O3S2. The number of amides is 1. The Kier molecular flexibility index (Phi) is 5.02. The Balaban J connectivity index is 1.59. The van der Waals surface area contributed by atoms with Crippen molar-refractivity contribution in [2.75, 3.05) is 6.61 Å². The van der Waals surface area contributed by atoms with Crippen LogP contribution in [0.15, 0.2) is 21.3 Å². The maximum absolute atomic E-state index is 12.0. The van der Waals surface area contributed by atoms with Crippen molar-refractivity contribution in [3.8, 4) is 9.88 Å². The number of hydrogen-bond acceptors (Lipinski definition) is 6. The maximum Gasteiger partial charge on any atom is 0.294 e. The summed E-state index contributed by atoms with van der Waals surface area (Å²) >= 11 is 6.43. The summed E-state index contributed by atoms with van der Waals surface area (Å²) < 4.78 is 6.40. The standard InChI is InChI=1S/C13H13BrN2O3S2/c14-8-5-10(20-6-8)13-15-9(7-21-13)12(17)16-19-11-3-1-2-4-18-11/h5-7,11H,1-4H2,(H,16,17). The van der Waals surface area contributed by atoms with Gasteiger partial charge in [0.1, 0.15) is 10.7 Å². The fraction of sp³-hybridized carbons (Fsp3) is 0.385. The summed E-state index contributed by atoms with van der Waals surface area (Å²) in [5, 5.41) is 4.54. The lowest BCUT2D eigenvalue weighted by Gasteiger charge is -2.21. The zero-order valence-corrected chi connectivity index (χ0v) is 14.2. The molecule has 5 nitrogen and oxygen atoms in total. The molecule has 0 aromatic carbocycles. The average molecular weight is 389 g/mol. The van der Waals surface area contributed by atoms with Crippen LogP contribution in [0.3, 0.4) is 0 Å².